The molecule has 3 rings (SSSR count). The van der Waals surface area contributed by atoms with E-state index in [1.54, 1.807) is 6.08 Å². The lowest BCUT2D eigenvalue weighted by molar-refractivity contribution is -0.144. The second-order valence-corrected chi connectivity index (χ2v) is 7.30. The van der Waals surface area contributed by atoms with Crippen molar-refractivity contribution in [1.82, 2.24) is 15.1 Å². The molecule has 0 spiro atoms. The van der Waals surface area contributed by atoms with Gasteiger partial charge in [-0.15, -0.1) is 0 Å². The summed E-state index contributed by atoms with van der Waals surface area (Å²) >= 11 is 0. The van der Waals surface area contributed by atoms with Crippen LogP contribution in [0.1, 0.15) is 31.4 Å². The first-order valence-corrected chi connectivity index (χ1v) is 10.4. The van der Waals surface area contributed by atoms with Crippen molar-refractivity contribution in [2.75, 3.05) is 6.61 Å². The van der Waals surface area contributed by atoms with Gasteiger partial charge < -0.3 is 10.1 Å². The zero-order valence-electron chi connectivity index (χ0n) is 17.8. The van der Waals surface area contributed by atoms with Gasteiger partial charge in [0.1, 0.15) is 0 Å². The Kier molecular flexibility index (Phi) is 7.76. The Morgan fingerprint density at radius 2 is 1.77 bits per heavy atom. The van der Waals surface area contributed by atoms with E-state index in [1.165, 1.54) is 6.08 Å². The van der Waals surface area contributed by atoms with E-state index in [4.69, 9.17) is 9.84 Å². The predicted octanol–water partition coefficient (Wildman–Crippen LogP) is 4.07. The van der Waals surface area contributed by atoms with E-state index >= 15 is 0 Å². The molecule has 0 fully saturated rings. The summed E-state index contributed by atoms with van der Waals surface area (Å²) in [5.41, 5.74) is 3.65. The van der Waals surface area contributed by atoms with Gasteiger partial charge in [0.05, 0.1) is 12.2 Å². The molecular formula is C25H27N3O3. The van der Waals surface area contributed by atoms with Gasteiger partial charge in [-0.1, -0.05) is 67.6 Å². The van der Waals surface area contributed by atoms with Crippen molar-refractivity contribution in [3.05, 3.63) is 84.1 Å². The third-order valence-corrected chi connectivity index (χ3v) is 4.79. The molecule has 1 amide bonds. The fourth-order valence-corrected chi connectivity index (χ4v) is 2.99. The molecule has 3 aromatic rings. The summed E-state index contributed by atoms with van der Waals surface area (Å²) in [4.78, 5) is 23.9. The van der Waals surface area contributed by atoms with Crippen molar-refractivity contribution in [3.63, 3.8) is 0 Å². The van der Waals surface area contributed by atoms with Crippen molar-refractivity contribution in [2.24, 2.45) is 0 Å². The average molecular weight is 418 g/mol. The maximum absolute atomic E-state index is 12.1. The minimum Gasteiger partial charge on any atom is -0.452 e. The van der Waals surface area contributed by atoms with Gasteiger partial charge in [0.25, 0.3) is 5.91 Å². The molecule has 1 atom stereocenters. The molecule has 1 heterocycles. The number of aromatic nitrogens is 2. The van der Waals surface area contributed by atoms with Gasteiger partial charge in [-0.05, 0) is 25.0 Å². The Bertz CT molecular complexity index is 1030. The molecule has 0 bridgehead atoms. The molecule has 0 saturated heterocycles. The summed E-state index contributed by atoms with van der Waals surface area (Å²) in [5, 5.41) is 7.48. The number of rotatable bonds is 9. The maximum atomic E-state index is 12.1. The molecular weight excluding hydrogens is 390 g/mol. The molecule has 2 aromatic carbocycles. The highest BCUT2D eigenvalue weighted by molar-refractivity contribution is 5.90. The average Bonchev–Trinajstić information content (AvgIpc) is 3.20. The van der Waals surface area contributed by atoms with Crippen LogP contribution in [-0.2, 0) is 20.9 Å². The van der Waals surface area contributed by atoms with Gasteiger partial charge in [-0.3, -0.25) is 9.48 Å². The predicted molar refractivity (Wildman–Crippen MR) is 121 cm³/mol. The molecule has 160 valence electrons. The zero-order chi connectivity index (χ0) is 22.1. The van der Waals surface area contributed by atoms with Crippen LogP contribution in [0.15, 0.2) is 72.9 Å². The van der Waals surface area contributed by atoms with Gasteiger partial charge in [0.15, 0.2) is 6.61 Å². The van der Waals surface area contributed by atoms with Crippen LogP contribution in [0.2, 0.25) is 0 Å². The van der Waals surface area contributed by atoms with E-state index in [-0.39, 0.29) is 18.6 Å². The molecule has 0 saturated carbocycles. The highest BCUT2D eigenvalue weighted by atomic mass is 16.5. The SMILES string of the molecule is CC[C@@H](C)NC(=O)COC(=O)/C=C/c1cn(Cc2ccccc2)nc1-c1ccccc1. The summed E-state index contributed by atoms with van der Waals surface area (Å²) in [6.07, 6.45) is 5.71. The van der Waals surface area contributed by atoms with Crippen LogP contribution >= 0.6 is 0 Å². The van der Waals surface area contributed by atoms with E-state index in [0.29, 0.717) is 6.54 Å². The van der Waals surface area contributed by atoms with Crippen LogP contribution in [0.4, 0.5) is 0 Å². The summed E-state index contributed by atoms with van der Waals surface area (Å²) in [6.45, 7) is 4.20. The first-order valence-electron chi connectivity index (χ1n) is 10.4. The number of hydrogen-bond acceptors (Lipinski definition) is 4. The van der Waals surface area contributed by atoms with Gasteiger partial charge in [-0.25, -0.2) is 4.79 Å². The van der Waals surface area contributed by atoms with Gasteiger partial charge >= 0.3 is 5.97 Å². The van der Waals surface area contributed by atoms with Crippen LogP contribution in [0.25, 0.3) is 17.3 Å². The molecule has 1 aromatic heterocycles. The number of nitrogens with one attached hydrogen (secondary N) is 1. The minimum atomic E-state index is -0.575. The zero-order valence-corrected chi connectivity index (χ0v) is 17.8. The molecule has 0 aliphatic heterocycles. The Morgan fingerprint density at radius 1 is 1.10 bits per heavy atom. The summed E-state index contributed by atoms with van der Waals surface area (Å²) in [5.74, 6) is -0.883. The van der Waals surface area contributed by atoms with Crippen LogP contribution < -0.4 is 5.32 Å². The fraction of sp³-hybridized carbons (Fsp3) is 0.240. The third kappa shape index (κ3) is 6.67. The smallest absolute Gasteiger partial charge is 0.331 e. The number of benzene rings is 2. The Balaban J connectivity index is 1.72. The largest absolute Gasteiger partial charge is 0.452 e. The highest BCUT2D eigenvalue weighted by Gasteiger charge is 2.11. The second-order valence-electron chi connectivity index (χ2n) is 7.30. The van der Waals surface area contributed by atoms with E-state index in [0.717, 1.165) is 28.8 Å². The number of hydrogen-bond donors (Lipinski definition) is 1. The van der Waals surface area contributed by atoms with E-state index in [1.807, 2.05) is 85.4 Å². The van der Waals surface area contributed by atoms with Crippen molar-refractivity contribution in [1.29, 1.82) is 0 Å². The van der Waals surface area contributed by atoms with E-state index < -0.39 is 5.97 Å². The molecule has 0 radical (unpaired) electrons. The quantitative estimate of drug-likeness (QED) is 0.421. The first kappa shape index (κ1) is 22.0. The number of esters is 1. The molecule has 6 heteroatoms. The Morgan fingerprint density at radius 3 is 2.45 bits per heavy atom. The molecule has 1 N–H and O–H groups in total. The van der Waals surface area contributed by atoms with Crippen LogP contribution in [0.3, 0.4) is 0 Å². The normalized spacial score (nSPS) is 11.9. The van der Waals surface area contributed by atoms with Crippen LogP contribution in [-0.4, -0.2) is 34.3 Å². The molecule has 0 unspecified atom stereocenters. The topological polar surface area (TPSA) is 73.2 Å². The van der Waals surface area contributed by atoms with Crippen molar-refractivity contribution >= 4 is 18.0 Å². The lowest BCUT2D eigenvalue weighted by Crippen LogP contribution is -2.35. The molecule has 31 heavy (non-hydrogen) atoms. The molecule has 6 nitrogen and oxygen atoms in total. The van der Waals surface area contributed by atoms with Crippen LogP contribution in [0.5, 0.6) is 0 Å². The third-order valence-electron chi connectivity index (χ3n) is 4.79. The monoisotopic (exact) mass is 417 g/mol. The Labute approximate surface area is 182 Å². The first-order chi connectivity index (χ1) is 15.0. The maximum Gasteiger partial charge on any atom is 0.331 e. The van der Waals surface area contributed by atoms with Crippen molar-refractivity contribution < 1.29 is 14.3 Å². The highest BCUT2D eigenvalue weighted by Crippen LogP contribution is 2.23. The number of carbonyl (C=O) groups is 2. The molecule has 0 aliphatic carbocycles. The number of amides is 1. The summed E-state index contributed by atoms with van der Waals surface area (Å²) in [7, 11) is 0. The van der Waals surface area contributed by atoms with E-state index in [9.17, 15) is 9.59 Å². The number of nitrogens with zero attached hydrogens (tertiary/aromatic N) is 2. The summed E-state index contributed by atoms with van der Waals surface area (Å²) < 4.78 is 6.90. The van der Waals surface area contributed by atoms with Gasteiger partial charge in [-0.2, -0.15) is 5.10 Å². The van der Waals surface area contributed by atoms with E-state index in [2.05, 4.69) is 5.32 Å². The van der Waals surface area contributed by atoms with Crippen LogP contribution in [0, 0.1) is 0 Å². The van der Waals surface area contributed by atoms with Gasteiger partial charge in [0.2, 0.25) is 0 Å². The fourth-order valence-electron chi connectivity index (χ4n) is 2.99. The number of ether oxygens (including phenoxy) is 1. The minimum absolute atomic E-state index is 0.0469. The lowest BCUT2D eigenvalue weighted by Gasteiger charge is -2.10. The van der Waals surface area contributed by atoms with Crippen molar-refractivity contribution in [3.8, 4) is 11.3 Å². The lowest BCUT2D eigenvalue weighted by atomic mass is 10.1. The summed E-state index contributed by atoms with van der Waals surface area (Å²) in [6, 6.07) is 19.9. The Hall–Kier alpha value is -3.67. The standard InChI is InChI=1S/C25H27N3O3/c1-3-19(2)26-23(29)18-31-24(30)15-14-22-17-28(16-20-10-6-4-7-11-20)27-25(22)21-12-8-5-9-13-21/h4-15,17,19H,3,16,18H2,1-2H3,(H,26,29)/b15-14+/t19-/m1/s1. The number of carbonyl (C=O) groups excluding carboxylic acids is 2. The van der Waals surface area contributed by atoms with Crippen molar-refractivity contribution in [2.45, 2.75) is 32.9 Å². The van der Waals surface area contributed by atoms with Gasteiger partial charge in [0, 0.05) is 29.4 Å². The second kappa shape index (κ2) is 10.9. The molecule has 0 aliphatic rings.